The summed E-state index contributed by atoms with van der Waals surface area (Å²) in [7, 11) is 1.96. The molecule has 0 amide bonds. The molecular weight excluding hydrogens is 186 g/mol. The van der Waals surface area contributed by atoms with Crippen molar-refractivity contribution in [1.82, 2.24) is 5.32 Å². The van der Waals surface area contributed by atoms with Crippen LogP contribution in [0.15, 0.2) is 24.3 Å². The molecule has 0 saturated carbocycles. The Labute approximate surface area is 92.6 Å². The third-order valence-corrected chi connectivity index (χ3v) is 2.04. The Kier molecular flexibility index (Phi) is 4.30. The van der Waals surface area contributed by atoms with E-state index in [9.17, 15) is 0 Å². The summed E-state index contributed by atoms with van der Waals surface area (Å²) >= 11 is 0. The number of nitrogens with one attached hydrogen (secondary N) is 1. The lowest BCUT2D eigenvalue weighted by atomic mass is 10.1. The maximum atomic E-state index is 5.73. The molecule has 1 aromatic carbocycles. The van der Waals surface area contributed by atoms with Crippen LogP contribution in [0.4, 0.5) is 0 Å². The van der Waals surface area contributed by atoms with Crippen molar-refractivity contribution < 1.29 is 4.74 Å². The average Bonchev–Trinajstić information content (AvgIpc) is 2.15. The van der Waals surface area contributed by atoms with E-state index < -0.39 is 0 Å². The van der Waals surface area contributed by atoms with E-state index in [-0.39, 0.29) is 5.60 Å². The Hall–Kier alpha value is -0.860. The molecule has 1 aromatic rings. The van der Waals surface area contributed by atoms with Gasteiger partial charge in [-0.2, -0.15) is 0 Å². The smallest absolute Gasteiger partial charge is 0.0724 e. The van der Waals surface area contributed by atoms with Crippen LogP contribution in [0.1, 0.15) is 31.9 Å². The average molecular weight is 207 g/mol. The molecule has 2 heteroatoms. The van der Waals surface area contributed by atoms with Crippen LogP contribution >= 0.6 is 0 Å². The molecule has 15 heavy (non-hydrogen) atoms. The molecule has 0 aliphatic rings. The minimum absolute atomic E-state index is 0.0704. The number of hydrogen-bond acceptors (Lipinski definition) is 2. The molecule has 0 fully saturated rings. The summed E-state index contributed by atoms with van der Waals surface area (Å²) in [5.41, 5.74) is 2.46. The van der Waals surface area contributed by atoms with E-state index >= 15 is 0 Å². The summed E-state index contributed by atoms with van der Waals surface area (Å²) in [5, 5.41) is 3.14. The molecule has 2 nitrogen and oxygen atoms in total. The van der Waals surface area contributed by atoms with Crippen LogP contribution in [-0.2, 0) is 17.9 Å². The van der Waals surface area contributed by atoms with E-state index in [4.69, 9.17) is 4.74 Å². The lowest BCUT2D eigenvalue weighted by Gasteiger charge is -2.19. The van der Waals surface area contributed by atoms with Gasteiger partial charge in [0.05, 0.1) is 12.2 Å². The molecule has 0 atom stereocenters. The van der Waals surface area contributed by atoms with Crippen LogP contribution in [0.2, 0.25) is 0 Å². The second-order valence-electron chi connectivity index (χ2n) is 4.75. The maximum absolute atomic E-state index is 5.73. The van der Waals surface area contributed by atoms with Crippen LogP contribution in [0.25, 0.3) is 0 Å². The molecule has 0 bridgehead atoms. The van der Waals surface area contributed by atoms with Gasteiger partial charge in [-0.3, -0.25) is 0 Å². The zero-order chi connectivity index (χ0) is 11.3. The van der Waals surface area contributed by atoms with E-state index in [2.05, 4.69) is 50.4 Å². The highest BCUT2D eigenvalue weighted by atomic mass is 16.5. The predicted molar refractivity (Wildman–Crippen MR) is 63.7 cm³/mol. The summed E-state index contributed by atoms with van der Waals surface area (Å²) in [6, 6.07) is 8.48. The molecule has 1 N–H and O–H groups in total. The van der Waals surface area contributed by atoms with Crippen molar-refractivity contribution in [2.45, 2.75) is 39.5 Å². The Morgan fingerprint density at radius 2 is 1.87 bits per heavy atom. The molecule has 0 spiro atoms. The number of ether oxygens (including phenoxy) is 1. The van der Waals surface area contributed by atoms with Gasteiger partial charge in [-0.15, -0.1) is 0 Å². The van der Waals surface area contributed by atoms with Gasteiger partial charge in [0, 0.05) is 6.54 Å². The molecule has 84 valence electrons. The maximum Gasteiger partial charge on any atom is 0.0724 e. The van der Waals surface area contributed by atoms with Crippen molar-refractivity contribution in [3.8, 4) is 0 Å². The van der Waals surface area contributed by atoms with Crippen molar-refractivity contribution >= 4 is 0 Å². The topological polar surface area (TPSA) is 21.3 Å². The SMILES string of the molecule is CNCc1cccc(COC(C)(C)C)c1. The molecule has 0 aliphatic carbocycles. The van der Waals surface area contributed by atoms with Crippen molar-refractivity contribution in [1.29, 1.82) is 0 Å². The van der Waals surface area contributed by atoms with E-state index in [1.54, 1.807) is 0 Å². The summed E-state index contributed by atoms with van der Waals surface area (Å²) in [4.78, 5) is 0. The molecule has 0 radical (unpaired) electrons. The fourth-order valence-corrected chi connectivity index (χ4v) is 1.33. The number of rotatable bonds is 4. The van der Waals surface area contributed by atoms with E-state index in [1.165, 1.54) is 11.1 Å². The zero-order valence-electron chi connectivity index (χ0n) is 10.1. The number of hydrogen-bond donors (Lipinski definition) is 1. The van der Waals surface area contributed by atoms with Crippen molar-refractivity contribution in [2.24, 2.45) is 0 Å². The van der Waals surface area contributed by atoms with Crippen LogP contribution < -0.4 is 5.32 Å². The molecule has 0 unspecified atom stereocenters. The molecule has 0 saturated heterocycles. The highest BCUT2D eigenvalue weighted by molar-refractivity contribution is 5.22. The van der Waals surface area contributed by atoms with Gasteiger partial charge < -0.3 is 10.1 Å². The van der Waals surface area contributed by atoms with Gasteiger partial charge in [0.25, 0.3) is 0 Å². The molecule has 1 rings (SSSR count). The van der Waals surface area contributed by atoms with E-state index in [0.717, 1.165) is 6.54 Å². The fourth-order valence-electron chi connectivity index (χ4n) is 1.33. The van der Waals surface area contributed by atoms with E-state index in [0.29, 0.717) is 6.61 Å². The minimum atomic E-state index is -0.0704. The van der Waals surface area contributed by atoms with Crippen molar-refractivity contribution in [3.63, 3.8) is 0 Å². The van der Waals surface area contributed by atoms with E-state index in [1.807, 2.05) is 7.05 Å². The normalized spacial score (nSPS) is 11.7. The molecule has 0 heterocycles. The minimum Gasteiger partial charge on any atom is -0.371 e. The fraction of sp³-hybridized carbons (Fsp3) is 0.538. The first-order valence-corrected chi connectivity index (χ1v) is 5.37. The summed E-state index contributed by atoms with van der Waals surface area (Å²) in [6.45, 7) is 7.81. The highest BCUT2D eigenvalue weighted by Crippen LogP contribution is 2.12. The first kappa shape index (κ1) is 12.2. The third kappa shape index (κ3) is 4.96. The summed E-state index contributed by atoms with van der Waals surface area (Å²) in [6.07, 6.45) is 0. The molecular formula is C13H21NO. The van der Waals surface area contributed by atoms with Gasteiger partial charge >= 0.3 is 0 Å². The van der Waals surface area contributed by atoms with Gasteiger partial charge in [-0.1, -0.05) is 24.3 Å². The lowest BCUT2D eigenvalue weighted by molar-refractivity contribution is -0.0149. The predicted octanol–water partition coefficient (Wildman–Crippen LogP) is 2.72. The first-order valence-electron chi connectivity index (χ1n) is 5.37. The van der Waals surface area contributed by atoms with Crippen LogP contribution in [0, 0.1) is 0 Å². The Balaban J connectivity index is 2.57. The molecule has 0 aromatic heterocycles. The first-order chi connectivity index (χ1) is 7.01. The summed E-state index contributed by atoms with van der Waals surface area (Å²) < 4.78 is 5.73. The highest BCUT2D eigenvalue weighted by Gasteiger charge is 2.09. The monoisotopic (exact) mass is 207 g/mol. The van der Waals surface area contributed by atoms with Crippen LogP contribution in [-0.4, -0.2) is 12.6 Å². The standard InChI is InChI=1S/C13H21NO/c1-13(2,3)15-10-12-7-5-6-11(8-12)9-14-4/h5-8,14H,9-10H2,1-4H3. The van der Waals surface area contributed by atoms with Crippen molar-refractivity contribution in [3.05, 3.63) is 35.4 Å². The van der Waals surface area contributed by atoms with Crippen LogP contribution in [0.5, 0.6) is 0 Å². The largest absolute Gasteiger partial charge is 0.371 e. The van der Waals surface area contributed by atoms with Gasteiger partial charge in [0.1, 0.15) is 0 Å². The van der Waals surface area contributed by atoms with Crippen molar-refractivity contribution in [2.75, 3.05) is 7.05 Å². The Bertz CT molecular complexity index is 302. The quantitative estimate of drug-likeness (QED) is 0.819. The second-order valence-corrected chi connectivity index (χ2v) is 4.75. The van der Waals surface area contributed by atoms with Crippen LogP contribution in [0.3, 0.4) is 0 Å². The van der Waals surface area contributed by atoms with Gasteiger partial charge in [-0.05, 0) is 38.9 Å². The zero-order valence-corrected chi connectivity index (χ0v) is 10.1. The Morgan fingerprint density at radius 3 is 2.47 bits per heavy atom. The second kappa shape index (κ2) is 5.29. The third-order valence-electron chi connectivity index (χ3n) is 2.04. The Morgan fingerprint density at radius 1 is 1.20 bits per heavy atom. The molecule has 0 aliphatic heterocycles. The lowest BCUT2D eigenvalue weighted by Crippen LogP contribution is -2.18. The van der Waals surface area contributed by atoms with Gasteiger partial charge in [0.2, 0.25) is 0 Å². The van der Waals surface area contributed by atoms with Gasteiger partial charge in [0.15, 0.2) is 0 Å². The van der Waals surface area contributed by atoms with Gasteiger partial charge in [-0.25, -0.2) is 0 Å². The number of benzene rings is 1. The summed E-state index contributed by atoms with van der Waals surface area (Å²) in [5.74, 6) is 0.